The van der Waals surface area contributed by atoms with Crippen LogP contribution in [0.5, 0.6) is 34.5 Å². The maximum absolute atomic E-state index is 11.9. The highest BCUT2D eigenvalue weighted by Crippen LogP contribution is 2.46. The first kappa shape index (κ1) is 22.0. The van der Waals surface area contributed by atoms with Gasteiger partial charge in [0.2, 0.25) is 18.5 Å². The monoisotopic (exact) mass is 453 g/mol. The van der Waals surface area contributed by atoms with E-state index in [4.69, 9.17) is 28.4 Å². The topological polar surface area (TPSA) is 110 Å². The average Bonchev–Trinajstić information content (AvgIpc) is 3.28. The number of benzene rings is 2. The van der Waals surface area contributed by atoms with Crippen LogP contribution in [0.3, 0.4) is 0 Å². The van der Waals surface area contributed by atoms with Gasteiger partial charge in [-0.1, -0.05) is 0 Å². The van der Waals surface area contributed by atoms with Crippen molar-refractivity contribution in [2.24, 2.45) is 0 Å². The van der Waals surface area contributed by atoms with Gasteiger partial charge in [-0.3, -0.25) is 4.79 Å². The summed E-state index contributed by atoms with van der Waals surface area (Å²) in [5, 5.41) is 3.29. The highest BCUT2D eigenvalue weighted by atomic mass is 16.7. The molecule has 0 aliphatic carbocycles. The molecule has 2 heterocycles. The van der Waals surface area contributed by atoms with Crippen molar-refractivity contribution in [3.63, 3.8) is 0 Å². The fourth-order valence-electron chi connectivity index (χ4n) is 3.52. The molecule has 0 saturated heterocycles. The van der Waals surface area contributed by atoms with Gasteiger partial charge in [-0.2, -0.15) is 0 Å². The van der Waals surface area contributed by atoms with Gasteiger partial charge in [0.25, 0.3) is 0 Å². The molecule has 4 rings (SSSR count). The molecule has 0 amide bonds. The number of nitrogens with one attached hydrogen (secondary N) is 1. The third-order valence-electron chi connectivity index (χ3n) is 4.93. The fraction of sp³-hybridized carbons (Fsp3) is 0.261. The smallest absolute Gasteiger partial charge is 0.308 e. The minimum absolute atomic E-state index is 0.0718. The van der Waals surface area contributed by atoms with E-state index in [0.717, 1.165) is 0 Å². The van der Waals surface area contributed by atoms with E-state index >= 15 is 0 Å². The molecule has 33 heavy (non-hydrogen) atoms. The van der Waals surface area contributed by atoms with Crippen molar-refractivity contribution in [1.29, 1.82) is 0 Å². The number of esters is 1. The summed E-state index contributed by atoms with van der Waals surface area (Å²) < 4.78 is 33.1. The molecule has 3 aromatic rings. The average molecular weight is 453 g/mol. The number of hydrogen-bond acceptors (Lipinski definition) is 10. The highest BCUT2D eigenvalue weighted by molar-refractivity contribution is 5.71. The van der Waals surface area contributed by atoms with Crippen LogP contribution in [0.4, 0.5) is 5.95 Å². The van der Waals surface area contributed by atoms with Gasteiger partial charge in [0.15, 0.2) is 23.0 Å². The first-order valence-electron chi connectivity index (χ1n) is 9.99. The summed E-state index contributed by atoms with van der Waals surface area (Å²) in [4.78, 5) is 20.4. The molecule has 2 aromatic carbocycles. The predicted molar refractivity (Wildman–Crippen MR) is 117 cm³/mol. The number of carbonyl (C=O) groups excluding carboxylic acids is 1. The zero-order valence-corrected chi connectivity index (χ0v) is 18.6. The summed E-state index contributed by atoms with van der Waals surface area (Å²) in [7, 11) is 4.60. The molecule has 1 atom stereocenters. The van der Waals surface area contributed by atoms with Gasteiger partial charge in [0, 0.05) is 30.9 Å². The number of carbonyl (C=O) groups is 1. The highest BCUT2D eigenvalue weighted by Gasteiger charge is 2.28. The van der Waals surface area contributed by atoms with Crippen LogP contribution in [0.2, 0.25) is 0 Å². The van der Waals surface area contributed by atoms with E-state index in [-0.39, 0.29) is 6.79 Å². The Hall–Kier alpha value is -4.21. The Morgan fingerprint density at radius 2 is 1.58 bits per heavy atom. The van der Waals surface area contributed by atoms with Crippen molar-refractivity contribution in [1.82, 2.24) is 9.97 Å². The van der Waals surface area contributed by atoms with Crippen molar-refractivity contribution >= 4 is 11.9 Å². The molecule has 0 bridgehead atoms. The summed E-state index contributed by atoms with van der Waals surface area (Å²) in [5.74, 6) is 2.56. The quantitative estimate of drug-likeness (QED) is 0.403. The number of nitrogens with zero attached hydrogens (tertiary/aromatic N) is 2. The second kappa shape index (κ2) is 9.51. The van der Waals surface area contributed by atoms with Gasteiger partial charge >= 0.3 is 5.97 Å². The van der Waals surface area contributed by atoms with Gasteiger partial charge in [0.1, 0.15) is 5.75 Å². The summed E-state index contributed by atoms with van der Waals surface area (Å²) in [5.41, 5.74) is 1.31. The maximum Gasteiger partial charge on any atom is 0.308 e. The Labute approximate surface area is 190 Å². The van der Waals surface area contributed by atoms with E-state index < -0.39 is 12.0 Å². The molecule has 172 valence electrons. The van der Waals surface area contributed by atoms with E-state index in [1.165, 1.54) is 28.3 Å². The van der Waals surface area contributed by atoms with Crippen LogP contribution in [-0.4, -0.2) is 44.1 Å². The molecule has 1 aromatic heterocycles. The van der Waals surface area contributed by atoms with E-state index in [2.05, 4.69) is 15.3 Å². The lowest BCUT2D eigenvalue weighted by Crippen LogP contribution is -2.17. The first-order chi connectivity index (χ1) is 16.0. The molecular formula is C23H23N3O7. The van der Waals surface area contributed by atoms with Crippen LogP contribution in [0.25, 0.3) is 0 Å². The van der Waals surface area contributed by atoms with Crippen LogP contribution in [0, 0.1) is 0 Å². The van der Waals surface area contributed by atoms with E-state index in [1.807, 2.05) is 0 Å². The van der Waals surface area contributed by atoms with Crippen LogP contribution in [0.1, 0.15) is 24.1 Å². The summed E-state index contributed by atoms with van der Waals surface area (Å²) in [6.07, 6.45) is 3.24. The van der Waals surface area contributed by atoms with Gasteiger partial charge in [-0.25, -0.2) is 9.97 Å². The lowest BCUT2D eigenvalue weighted by Gasteiger charge is -2.24. The molecule has 0 spiro atoms. The number of methoxy groups -OCH3 is 3. The zero-order chi connectivity index (χ0) is 23.4. The summed E-state index contributed by atoms with van der Waals surface area (Å²) >= 11 is 0. The van der Waals surface area contributed by atoms with Gasteiger partial charge in [-0.15, -0.1) is 0 Å². The Morgan fingerprint density at radius 3 is 2.15 bits per heavy atom. The largest absolute Gasteiger partial charge is 0.493 e. The van der Waals surface area contributed by atoms with Crippen LogP contribution >= 0.6 is 0 Å². The Balaban J connectivity index is 1.91. The molecule has 10 heteroatoms. The van der Waals surface area contributed by atoms with Gasteiger partial charge in [0.05, 0.1) is 27.4 Å². The van der Waals surface area contributed by atoms with Gasteiger partial charge in [-0.05, 0) is 29.8 Å². The minimum Gasteiger partial charge on any atom is -0.493 e. The maximum atomic E-state index is 11.9. The molecule has 1 aliphatic rings. The van der Waals surface area contributed by atoms with E-state index in [0.29, 0.717) is 51.6 Å². The predicted octanol–water partition coefficient (Wildman–Crippen LogP) is 3.36. The van der Waals surface area contributed by atoms with Crippen LogP contribution in [0.15, 0.2) is 42.7 Å². The third kappa shape index (κ3) is 4.54. The number of rotatable bonds is 8. The van der Waals surface area contributed by atoms with Crippen molar-refractivity contribution in [2.75, 3.05) is 33.4 Å². The van der Waals surface area contributed by atoms with Crippen molar-refractivity contribution in [3.05, 3.63) is 53.9 Å². The molecule has 0 radical (unpaired) electrons. The van der Waals surface area contributed by atoms with Crippen molar-refractivity contribution in [3.8, 4) is 34.5 Å². The second-order valence-electron chi connectivity index (χ2n) is 6.95. The molecule has 0 saturated carbocycles. The van der Waals surface area contributed by atoms with E-state index in [9.17, 15) is 4.79 Å². The number of anilines is 1. The van der Waals surface area contributed by atoms with Gasteiger partial charge < -0.3 is 33.7 Å². The molecule has 1 unspecified atom stereocenters. The lowest BCUT2D eigenvalue weighted by atomic mass is 9.96. The number of ether oxygens (including phenoxy) is 6. The third-order valence-corrected chi connectivity index (χ3v) is 4.93. The molecular weight excluding hydrogens is 430 g/mol. The van der Waals surface area contributed by atoms with Crippen molar-refractivity contribution < 1.29 is 33.2 Å². The zero-order valence-electron chi connectivity index (χ0n) is 18.6. The number of hydrogen-bond donors (Lipinski definition) is 1. The molecule has 1 N–H and O–H groups in total. The first-order valence-corrected chi connectivity index (χ1v) is 9.99. The number of aromatic nitrogens is 2. The SMILES string of the molecule is COc1cc(C(Nc2ncccn2)c2cc3c(cc2OC(C)=O)OCO3)cc(OC)c1OC. The molecule has 1 aliphatic heterocycles. The molecule has 0 fully saturated rings. The van der Waals surface area contributed by atoms with E-state index in [1.54, 1.807) is 42.7 Å². The van der Waals surface area contributed by atoms with Crippen molar-refractivity contribution in [2.45, 2.75) is 13.0 Å². The lowest BCUT2D eigenvalue weighted by molar-refractivity contribution is -0.131. The second-order valence-corrected chi connectivity index (χ2v) is 6.95. The normalized spacial score (nSPS) is 12.6. The Bertz CT molecular complexity index is 1130. The minimum atomic E-state index is -0.593. The summed E-state index contributed by atoms with van der Waals surface area (Å²) in [6.45, 7) is 1.40. The Kier molecular flexibility index (Phi) is 6.34. The number of fused-ring (bicyclic) bond motifs is 1. The van der Waals surface area contributed by atoms with Crippen LogP contribution < -0.4 is 33.7 Å². The Morgan fingerprint density at radius 1 is 0.939 bits per heavy atom. The fourth-order valence-corrected chi connectivity index (χ4v) is 3.52. The van der Waals surface area contributed by atoms with Crippen LogP contribution in [-0.2, 0) is 4.79 Å². The summed E-state index contributed by atoms with van der Waals surface area (Å²) in [6, 6.07) is 8.09. The standard InChI is InChI=1S/C23H23N3O7/c1-13(27)33-16-11-18-17(31-12-32-18)10-15(16)21(26-23-24-6-5-7-25-23)14-8-19(28-2)22(30-4)20(9-14)29-3/h5-11,21H,12H2,1-4H3,(H,24,25,26). The molecule has 10 nitrogen and oxygen atoms in total.